The minimum Gasteiger partial charge on any atom is -0.497 e. The first-order valence-electron chi connectivity index (χ1n) is 7.50. The topological polar surface area (TPSA) is 39.9 Å². The van der Waals surface area contributed by atoms with Gasteiger partial charge in [0.25, 0.3) is 0 Å². The lowest BCUT2D eigenvalue weighted by Crippen LogP contribution is -1.99. The summed E-state index contributed by atoms with van der Waals surface area (Å²) in [5.41, 5.74) is 3.26. The molecule has 3 rings (SSSR count). The molecule has 2 aromatic carbocycles. The lowest BCUT2D eigenvalue weighted by molar-refractivity contribution is 0.414. The van der Waals surface area contributed by atoms with Gasteiger partial charge in [0, 0.05) is 11.2 Å². The molecule has 0 unspecified atom stereocenters. The summed E-state index contributed by atoms with van der Waals surface area (Å²) >= 11 is 6.27. The molecule has 0 fully saturated rings. The molecule has 1 aromatic heterocycles. The van der Waals surface area contributed by atoms with Crippen LogP contribution in [0.2, 0.25) is 5.02 Å². The number of aryl methyl sites for hydroxylation is 2. The second kappa shape index (κ2) is 7.29. The SMILES string of the molecule is COc1ccc(CCc2cn(Cc3ccccc3)nn2)c(Cl)c1. The monoisotopic (exact) mass is 327 g/mol. The summed E-state index contributed by atoms with van der Waals surface area (Å²) < 4.78 is 7.02. The van der Waals surface area contributed by atoms with Crippen LogP contribution >= 0.6 is 11.6 Å². The highest BCUT2D eigenvalue weighted by molar-refractivity contribution is 6.31. The van der Waals surface area contributed by atoms with Gasteiger partial charge in [0.15, 0.2) is 0 Å². The van der Waals surface area contributed by atoms with Crippen LogP contribution in [0.25, 0.3) is 0 Å². The van der Waals surface area contributed by atoms with Crippen LogP contribution in [-0.4, -0.2) is 22.1 Å². The van der Waals surface area contributed by atoms with Gasteiger partial charge in [-0.05, 0) is 36.1 Å². The second-order valence-electron chi connectivity index (χ2n) is 5.35. The number of rotatable bonds is 6. The van der Waals surface area contributed by atoms with Crippen molar-refractivity contribution in [2.45, 2.75) is 19.4 Å². The first-order valence-corrected chi connectivity index (χ1v) is 7.88. The maximum Gasteiger partial charge on any atom is 0.120 e. The number of methoxy groups -OCH3 is 1. The van der Waals surface area contributed by atoms with Crippen molar-refractivity contribution < 1.29 is 4.74 Å². The van der Waals surface area contributed by atoms with Crippen molar-refractivity contribution in [1.82, 2.24) is 15.0 Å². The van der Waals surface area contributed by atoms with Gasteiger partial charge >= 0.3 is 0 Å². The molecule has 0 spiro atoms. The van der Waals surface area contributed by atoms with Crippen LogP contribution in [0.3, 0.4) is 0 Å². The van der Waals surface area contributed by atoms with Gasteiger partial charge in [0.1, 0.15) is 5.75 Å². The summed E-state index contributed by atoms with van der Waals surface area (Å²) in [5.74, 6) is 0.771. The fourth-order valence-electron chi connectivity index (χ4n) is 2.42. The second-order valence-corrected chi connectivity index (χ2v) is 5.76. The smallest absolute Gasteiger partial charge is 0.120 e. The maximum absolute atomic E-state index is 6.27. The van der Waals surface area contributed by atoms with Gasteiger partial charge in [0.2, 0.25) is 0 Å². The number of hydrogen-bond acceptors (Lipinski definition) is 3. The quantitative estimate of drug-likeness (QED) is 0.692. The fourth-order valence-corrected chi connectivity index (χ4v) is 2.69. The Balaban J connectivity index is 1.61. The molecular formula is C18H18ClN3O. The maximum atomic E-state index is 6.27. The minimum atomic E-state index is 0.723. The van der Waals surface area contributed by atoms with Crippen LogP contribution in [0.1, 0.15) is 16.8 Å². The normalized spacial score (nSPS) is 10.7. The molecule has 3 aromatic rings. The summed E-state index contributed by atoms with van der Waals surface area (Å²) in [6.07, 6.45) is 3.62. The predicted molar refractivity (Wildman–Crippen MR) is 91.0 cm³/mol. The molecule has 0 amide bonds. The van der Waals surface area contributed by atoms with Crippen molar-refractivity contribution in [3.63, 3.8) is 0 Å². The van der Waals surface area contributed by atoms with Crippen LogP contribution in [0.5, 0.6) is 5.75 Å². The van der Waals surface area contributed by atoms with Crippen molar-refractivity contribution in [3.05, 3.63) is 76.6 Å². The molecule has 4 nitrogen and oxygen atoms in total. The summed E-state index contributed by atoms with van der Waals surface area (Å²) in [6.45, 7) is 0.733. The van der Waals surface area contributed by atoms with Crippen molar-refractivity contribution in [3.8, 4) is 5.75 Å². The van der Waals surface area contributed by atoms with E-state index in [2.05, 4.69) is 22.4 Å². The van der Waals surface area contributed by atoms with E-state index in [1.807, 2.05) is 47.3 Å². The largest absolute Gasteiger partial charge is 0.497 e. The zero-order valence-corrected chi connectivity index (χ0v) is 13.7. The first-order chi connectivity index (χ1) is 11.2. The lowest BCUT2D eigenvalue weighted by atomic mass is 10.1. The summed E-state index contributed by atoms with van der Waals surface area (Å²) in [6, 6.07) is 16.0. The van der Waals surface area contributed by atoms with E-state index in [4.69, 9.17) is 16.3 Å². The third kappa shape index (κ3) is 4.11. The first kappa shape index (κ1) is 15.6. The van der Waals surface area contributed by atoms with E-state index in [-0.39, 0.29) is 0 Å². The Bertz CT molecular complexity index is 771. The summed E-state index contributed by atoms with van der Waals surface area (Å²) in [7, 11) is 1.64. The summed E-state index contributed by atoms with van der Waals surface area (Å²) in [4.78, 5) is 0. The molecule has 5 heteroatoms. The highest BCUT2D eigenvalue weighted by atomic mass is 35.5. The average Bonchev–Trinajstić information content (AvgIpc) is 3.02. The van der Waals surface area contributed by atoms with Gasteiger partial charge in [-0.3, -0.25) is 0 Å². The van der Waals surface area contributed by atoms with Crippen LogP contribution in [-0.2, 0) is 19.4 Å². The molecule has 0 aliphatic rings. The van der Waals surface area contributed by atoms with Crippen molar-refractivity contribution in [1.29, 1.82) is 0 Å². The molecule has 0 aliphatic carbocycles. The number of halogens is 1. The van der Waals surface area contributed by atoms with Gasteiger partial charge in [0.05, 0.1) is 19.3 Å². The highest BCUT2D eigenvalue weighted by Crippen LogP contribution is 2.23. The van der Waals surface area contributed by atoms with Crippen LogP contribution in [0.15, 0.2) is 54.7 Å². The number of aromatic nitrogens is 3. The van der Waals surface area contributed by atoms with Crippen molar-refractivity contribution in [2.75, 3.05) is 7.11 Å². The van der Waals surface area contributed by atoms with E-state index in [0.717, 1.165) is 41.4 Å². The molecule has 0 radical (unpaired) electrons. The van der Waals surface area contributed by atoms with Crippen LogP contribution < -0.4 is 4.74 Å². The molecule has 0 saturated carbocycles. The zero-order valence-electron chi connectivity index (χ0n) is 12.9. The lowest BCUT2D eigenvalue weighted by Gasteiger charge is -2.05. The van der Waals surface area contributed by atoms with Crippen molar-refractivity contribution in [2.24, 2.45) is 0 Å². The van der Waals surface area contributed by atoms with Crippen molar-refractivity contribution >= 4 is 11.6 Å². The fraction of sp³-hybridized carbons (Fsp3) is 0.222. The predicted octanol–water partition coefficient (Wildman–Crippen LogP) is 3.77. The standard InChI is InChI=1S/C18H18ClN3O/c1-23-17-10-8-15(18(19)11-17)7-9-16-13-22(21-20-16)12-14-5-3-2-4-6-14/h2-6,8,10-11,13H,7,9,12H2,1H3. The van der Waals surface area contributed by atoms with E-state index < -0.39 is 0 Å². The third-order valence-electron chi connectivity index (χ3n) is 3.68. The Morgan fingerprint density at radius 2 is 1.91 bits per heavy atom. The van der Waals surface area contributed by atoms with Gasteiger partial charge < -0.3 is 4.74 Å². The molecule has 0 N–H and O–H groups in total. The Morgan fingerprint density at radius 1 is 1.09 bits per heavy atom. The Morgan fingerprint density at radius 3 is 2.65 bits per heavy atom. The van der Waals surface area contributed by atoms with Gasteiger partial charge in [-0.2, -0.15) is 0 Å². The molecule has 1 heterocycles. The summed E-state index contributed by atoms with van der Waals surface area (Å²) in [5, 5.41) is 9.15. The van der Waals surface area contributed by atoms with E-state index in [1.165, 1.54) is 5.56 Å². The van der Waals surface area contributed by atoms with Gasteiger partial charge in [-0.15, -0.1) is 5.10 Å². The molecule has 0 aliphatic heterocycles. The number of hydrogen-bond donors (Lipinski definition) is 0. The molecule has 118 valence electrons. The minimum absolute atomic E-state index is 0.723. The molecule has 23 heavy (non-hydrogen) atoms. The molecular weight excluding hydrogens is 310 g/mol. The van der Waals surface area contributed by atoms with Gasteiger partial charge in [-0.25, -0.2) is 4.68 Å². The molecule has 0 bridgehead atoms. The number of ether oxygens (including phenoxy) is 1. The number of benzene rings is 2. The Hall–Kier alpha value is -2.33. The Kier molecular flexibility index (Phi) is 4.93. The highest BCUT2D eigenvalue weighted by Gasteiger charge is 2.06. The zero-order chi connectivity index (χ0) is 16.1. The third-order valence-corrected chi connectivity index (χ3v) is 4.04. The van der Waals surface area contributed by atoms with Crippen LogP contribution in [0.4, 0.5) is 0 Å². The van der Waals surface area contributed by atoms with Gasteiger partial charge in [-0.1, -0.05) is 53.2 Å². The van der Waals surface area contributed by atoms with Crippen LogP contribution in [0, 0.1) is 0 Å². The molecule has 0 saturated heterocycles. The molecule has 0 atom stereocenters. The van der Waals surface area contributed by atoms with E-state index in [9.17, 15) is 0 Å². The average molecular weight is 328 g/mol. The number of nitrogens with zero attached hydrogens (tertiary/aromatic N) is 3. The van der Waals surface area contributed by atoms with E-state index in [1.54, 1.807) is 7.11 Å². The van der Waals surface area contributed by atoms with E-state index >= 15 is 0 Å². The van der Waals surface area contributed by atoms with E-state index in [0.29, 0.717) is 0 Å². The Labute approximate surface area is 140 Å².